The topological polar surface area (TPSA) is 120 Å². The molecule has 2 aromatic rings. The van der Waals surface area contributed by atoms with Crippen molar-refractivity contribution in [3.63, 3.8) is 0 Å². The van der Waals surface area contributed by atoms with Crippen molar-refractivity contribution in [2.45, 2.75) is 25.7 Å². The summed E-state index contributed by atoms with van der Waals surface area (Å²) in [5.41, 5.74) is 6.75. The Morgan fingerprint density at radius 3 is 2.48 bits per heavy atom. The maximum Gasteiger partial charge on any atom is 0.317 e. The van der Waals surface area contributed by atoms with Gasteiger partial charge in [0, 0.05) is 56.4 Å². The standard InChI is InChI=1S/C24H31N5O4/c1-27(17-7-6-16-8-9-26-22(25)20(16)14-17)23(32)18-4-2-3-5-19(18)24(33)29-12-10-28(11-13-29)15-21(30)31/h6-9,14,18-19H,2-5,10-13,15H2,1H3,(H2,25,26)(H,30,31). The van der Waals surface area contributed by atoms with Crippen LogP contribution in [0.1, 0.15) is 25.7 Å². The molecule has 1 saturated heterocycles. The van der Waals surface area contributed by atoms with Crippen molar-refractivity contribution in [2.24, 2.45) is 11.8 Å². The molecule has 0 radical (unpaired) electrons. The number of carboxylic acids is 1. The lowest BCUT2D eigenvalue weighted by atomic mass is 9.77. The van der Waals surface area contributed by atoms with E-state index in [0.717, 1.165) is 29.3 Å². The third-order valence-electron chi connectivity index (χ3n) is 6.94. The van der Waals surface area contributed by atoms with Crippen molar-refractivity contribution >= 4 is 40.1 Å². The minimum Gasteiger partial charge on any atom is -0.480 e. The van der Waals surface area contributed by atoms with Gasteiger partial charge in [-0.3, -0.25) is 19.3 Å². The number of nitrogen functional groups attached to an aromatic ring is 1. The summed E-state index contributed by atoms with van der Waals surface area (Å²) in [4.78, 5) is 47.3. The van der Waals surface area contributed by atoms with Crippen LogP contribution in [0.25, 0.3) is 10.8 Å². The van der Waals surface area contributed by atoms with Crippen molar-refractivity contribution in [2.75, 3.05) is 50.4 Å². The third kappa shape index (κ3) is 4.93. The summed E-state index contributed by atoms with van der Waals surface area (Å²) in [6, 6.07) is 7.56. The molecule has 4 rings (SSSR count). The second kappa shape index (κ2) is 9.74. The van der Waals surface area contributed by atoms with E-state index in [-0.39, 0.29) is 30.2 Å². The van der Waals surface area contributed by atoms with E-state index in [1.807, 2.05) is 29.2 Å². The van der Waals surface area contributed by atoms with Gasteiger partial charge in [-0.1, -0.05) is 18.9 Å². The minimum atomic E-state index is -0.859. The van der Waals surface area contributed by atoms with Gasteiger partial charge in [0.05, 0.1) is 12.5 Å². The van der Waals surface area contributed by atoms with Gasteiger partial charge < -0.3 is 20.6 Å². The molecule has 0 bridgehead atoms. The van der Waals surface area contributed by atoms with Gasteiger partial charge in [0.25, 0.3) is 0 Å². The van der Waals surface area contributed by atoms with Gasteiger partial charge in [0.2, 0.25) is 11.8 Å². The summed E-state index contributed by atoms with van der Waals surface area (Å²) >= 11 is 0. The van der Waals surface area contributed by atoms with E-state index in [9.17, 15) is 14.4 Å². The van der Waals surface area contributed by atoms with Crippen LogP contribution in [0.5, 0.6) is 0 Å². The highest BCUT2D eigenvalue weighted by molar-refractivity contribution is 6.01. The molecule has 1 aliphatic heterocycles. The first-order valence-electron chi connectivity index (χ1n) is 11.5. The van der Waals surface area contributed by atoms with Gasteiger partial charge in [-0.05, 0) is 36.4 Å². The summed E-state index contributed by atoms with van der Waals surface area (Å²) in [6.45, 7) is 2.06. The van der Waals surface area contributed by atoms with Crippen LogP contribution < -0.4 is 10.6 Å². The Bertz CT molecular complexity index is 1050. The molecule has 2 aliphatic rings. The number of benzene rings is 1. The molecule has 33 heavy (non-hydrogen) atoms. The predicted octanol–water partition coefficient (Wildman–Crippen LogP) is 1.82. The quantitative estimate of drug-likeness (QED) is 0.708. The first kappa shape index (κ1) is 23.0. The molecular formula is C24H31N5O4. The Kier molecular flexibility index (Phi) is 6.78. The van der Waals surface area contributed by atoms with Crippen molar-refractivity contribution in [3.8, 4) is 0 Å². The first-order valence-corrected chi connectivity index (χ1v) is 11.5. The summed E-state index contributed by atoms with van der Waals surface area (Å²) in [6.07, 6.45) is 4.91. The SMILES string of the molecule is CN(C(=O)C1CCCCC1C(=O)N1CCN(CC(=O)O)CC1)c1ccc2ccnc(N)c2c1. The Hall–Kier alpha value is -3.20. The predicted molar refractivity (Wildman–Crippen MR) is 126 cm³/mol. The van der Waals surface area contributed by atoms with Gasteiger partial charge in [-0.2, -0.15) is 0 Å². The molecule has 2 unspecified atom stereocenters. The highest BCUT2D eigenvalue weighted by Gasteiger charge is 2.40. The monoisotopic (exact) mass is 453 g/mol. The molecule has 9 nitrogen and oxygen atoms in total. The number of fused-ring (bicyclic) bond motifs is 1. The van der Waals surface area contributed by atoms with Crippen molar-refractivity contribution in [1.82, 2.24) is 14.8 Å². The van der Waals surface area contributed by atoms with Crippen molar-refractivity contribution in [1.29, 1.82) is 0 Å². The van der Waals surface area contributed by atoms with Gasteiger partial charge in [0.15, 0.2) is 0 Å². The molecule has 2 fully saturated rings. The number of pyridine rings is 1. The van der Waals surface area contributed by atoms with E-state index >= 15 is 0 Å². The molecule has 176 valence electrons. The average Bonchev–Trinajstić information content (AvgIpc) is 2.83. The van der Waals surface area contributed by atoms with Gasteiger partial charge in [0.1, 0.15) is 5.82 Å². The zero-order chi connectivity index (χ0) is 23.5. The van der Waals surface area contributed by atoms with E-state index in [1.54, 1.807) is 23.0 Å². The molecular weight excluding hydrogens is 422 g/mol. The number of carbonyl (C=O) groups excluding carboxylic acids is 2. The number of carboxylic acid groups (broad SMARTS) is 1. The maximum atomic E-state index is 13.5. The smallest absolute Gasteiger partial charge is 0.317 e. The molecule has 3 N–H and O–H groups in total. The van der Waals surface area contributed by atoms with E-state index in [2.05, 4.69) is 4.98 Å². The van der Waals surface area contributed by atoms with E-state index < -0.39 is 5.97 Å². The average molecular weight is 454 g/mol. The number of amides is 2. The molecule has 2 amide bonds. The van der Waals surface area contributed by atoms with Crippen molar-refractivity contribution in [3.05, 3.63) is 30.5 Å². The van der Waals surface area contributed by atoms with Gasteiger partial charge in [-0.25, -0.2) is 4.98 Å². The van der Waals surface area contributed by atoms with Gasteiger partial charge >= 0.3 is 5.97 Å². The van der Waals surface area contributed by atoms with Crippen molar-refractivity contribution < 1.29 is 19.5 Å². The molecule has 2 atom stereocenters. The molecule has 0 spiro atoms. The van der Waals surface area contributed by atoms with Gasteiger partial charge in [-0.15, -0.1) is 0 Å². The fraction of sp³-hybridized carbons (Fsp3) is 0.500. The minimum absolute atomic E-state index is 0.0108. The van der Waals surface area contributed by atoms with Crippen LogP contribution >= 0.6 is 0 Å². The fourth-order valence-electron chi connectivity index (χ4n) is 5.04. The summed E-state index contributed by atoms with van der Waals surface area (Å²) in [5, 5.41) is 10.7. The zero-order valence-corrected chi connectivity index (χ0v) is 18.9. The normalized spacial score (nSPS) is 21.7. The van der Waals surface area contributed by atoms with E-state index in [1.165, 1.54) is 0 Å². The second-order valence-electron chi connectivity index (χ2n) is 8.99. The van der Waals surface area contributed by atoms with Crippen LogP contribution in [-0.4, -0.2) is 77.4 Å². The fourth-order valence-corrected chi connectivity index (χ4v) is 5.04. The Balaban J connectivity index is 1.47. The van der Waals surface area contributed by atoms with E-state index in [0.29, 0.717) is 44.8 Å². The number of rotatable bonds is 5. The molecule has 1 aromatic carbocycles. The number of piperazine rings is 1. The number of anilines is 2. The molecule has 9 heteroatoms. The van der Waals surface area contributed by atoms with Crippen LogP contribution in [0.15, 0.2) is 30.5 Å². The summed E-state index contributed by atoms with van der Waals surface area (Å²) < 4.78 is 0. The van der Waals surface area contributed by atoms with E-state index in [4.69, 9.17) is 10.8 Å². The summed E-state index contributed by atoms with van der Waals surface area (Å²) in [7, 11) is 1.75. The summed E-state index contributed by atoms with van der Waals surface area (Å²) in [5.74, 6) is -1.19. The highest BCUT2D eigenvalue weighted by Crippen LogP contribution is 2.34. The number of aliphatic carboxylic acids is 1. The molecule has 1 aromatic heterocycles. The lowest BCUT2D eigenvalue weighted by molar-refractivity contribution is -0.145. The van der Waals surface area contributed by atoms with Crippen LogP contribution in [0.2, 0.25) is 0 Å². The number of hydrogen-bond acceptors (Lipinski definition) is 6. The Labute approximate surface area is 193 Å². The maximum absolute atomic E-state index is 13.5. The lowest BCUT2D eigenvalue weighted by Crippen LogP contribution is -2.53. The third-order valence-corrected chi connectivity index (χ3v) is 6.94. The number of carbonyl (C=O) groups is 3. The molecule has 1 saturated carbocycles. The Morgan fingerprint density at radius 1 is 1.09 bits per heavy atom. The largest absolute Gasteiger partial charge is 0.480 e. The Morgan fingerprint density at radius 2 is 1.79 bits per heavy atom. The van der Waals surface area contributed by atoms with Crippen LogP contribution in [0.4, 0.5) is 11.5 Å². The van der Waals surface area contributed by atoms with Crippen LogP contribution in [0.3, 0.4) is 0 Å². The second-order valence-corrected chi connectivity index (χ2v) is 8.99. The number of nitrogens with zero attached hydrogens (tertiary/aromatic N) is 4. The highest BCUT2D eigenvalue weighted by atomic mass is 16.4. The number of aromatic nitrogens is 1. The first-order chi connectivity index (χ1) is 15.8. The molecule has 1 aliphatic carbocycles. The lowest BCUT2D eigenvalue weighted by Gasteiger charge is -2.39. The zero-order valence-electron chi connectivity index (χ0n) is 18.9. The van der Waals surface area contributed by atoms with Crippen LogP contribution in [0, 0.1) is 11.8 Å². The number of nitrogens with two attached hydrogens (primary N) is 1. The molecule has 2 heterocycles. The number of hydrogen-bond donors (Lipinski definition) is 2. The van der Waals surface area contributed by atoms with Crippen LogP contribution in [-0.2, 0) is 14.4 Å².